The summed E-state index contributed by atoms with van der Waals surface area (Å²) < 4.78 is 11.2. The lowest BCUT2D eigenvalue weighted by molar-refractivity contribution is -0.145. The molecule has 5 atom stereocenters. The fourth-order valence-electron chi connectivity index (χ4n) is 4.83. The number of hydrogen-bond donors (Lipinski definition) is 1. The Morgan fingerprint density at radius 3 is 2.41 bits per heavy atom. The molecule has 3 aliphatic rings. The normalized spacial score (nSPS) is 30.3. The third-order valence-corrected chi connectivity index (χ3v) is 6.21. The molecule has 1 aliphatic heterocycles. The highest BCUT2D eigenvalue weighted by atomic mass is 35.5. The van der Waals surface area contributed by atoms with Crippen LogP contribution >= 0.6 is 11.6 Å². The van der Waals surface area contributed by atoms with E-state index in [0.29, 0.717) is 22.2 Å². The van der Waals surface area contributed by atoms with Gasteiger partial charge < -0.3 is 14.8 Å². The van der Waals surface area contributed by atoms with Crippen molar-refractivity contribution in [2.75, 3.05) is 5.32 Å². The van der Waals surface area contributed by atoms with Crippen LogP contribution in [0.3, 0.4) is 0 Å². The van der Waals surface area contributed by atoms with Crippen LogP contribution in [0.4, 0.5) is 5.69 Å². The second-order valence-corrected chi connectivity index (χ2v) is 7.93. The molecule has 0 spiro atoms. The van der Waals surface area contributed by atoms with E-state index in [1.165, 1.54) is 0 Å². The monoisotopic (exact) mass is 383 g/mol. The van der Waals surface area contributed by atoms with Crippen molar-refractivity contribution in [3.05, 3.63) is 53.6 Å². The molecular weight excluding hydrogens is 366 g/mol. The molecule has 6 heteroatoms. The van der Waals surface area contributed by atoms with Crippen LogP contribution in [0.25, 0.3) is 0 Å². The summed E-state index contributed by atoms with van der Waals surface area (Å²) >= 11 is 5.87. The molecule has 2 aromatic rings. The summed E-state index contributed by atoms with van der Waals surface area (Å²) in [7, 11) is 0. The molecule has 3 fully saturated rings. The first-order chi connectivity index (χ1) is 13.1. The van der Waals surface area contributed by atoms with Crippen molar-refractivity contribution in [3.63, 3.8) is 0 Å². The first-order valence-corrected chi connectivity index (χ1v) is 9.51. The smallest absolute Gasteiger partial charge is 0.310 e. The van der Waals surface area contributed by atoms with E-state index in [4.69, 9.17) is 21.1 Å². The number of carbonyl (C=O) groups is 2. The van der Waals surface area contributed by atoms with Crippen molar-refractivity contribution < 1.29 is 19.1 Å². The predicted molar refractivity (Wildman–Crippen MR) is 99.7 cm³/mol. The summed E-state index contributed by atoms with van der Waals surface area (Å²) in [6, 6.07) is 14.3. The number of esters is 1. The van der Waals surface area contributed by atoms with E-state index < -0.39 is 0 Å². The Morgan fingerprint density at radius 1 is 1.04 bits per heavy atom. The van der Waals surface area contributed by atoms with E-state index in [9.17, 15) is 9.59 Å². The number of nitrogens with one attached hydrogen (secondary N) is 1. The minimum Gasteiger partial charge on any atom is -0.462 e. The van der Waals surface area contributed by atoms with Gasteiger partial charge in [0.2, 0.25) is 5.91 Å². The summed E-state index contributed by atoms with van der Waals surface area (Å²) in [5, 5.41) is 3.60. The van der Waals surface area contributed by atoms with Crippen LogP contribution in [0.15, 0.2) is 48.5 Å². The predicted octanol–water partition coefficient (Wildman–Crippen LogP) is 4.27. The molecule has 1 N–H and O–H groups in total. The van der Waals surface area contributed by atoms with Crippen molar-refractivity contribution in [1.29, 1.82) is 0 Å². The Bertz CT molecular complexity index is 893. The molecule has 1 saturated heterocycles. The summed E-state index contributed by atoms with van der Waals surface area (Å²) in [5.74, 6) is 1.02. The quantitative estimate of drug-likeness (QED) is 0.801. The zero-order valence-corrected chi connectivity index (χ0v) is 15.2. The van der Waals surface area contributed by atoms with Crippen LogP contribution in [0.1, 0.15) is 12.8 Å². The van der Waals surface area contributed by atoms with Gasteiger partial charge in [0.15, 0.2) is 0 Å². The van der Waals surface area contributed by atoms with Gasteiger partial charge in [0.05, 0.1) is 11.8 Å². The number of rotatable bonds is 4. The molecule has 27 heavy (non-hydrogen) atoms. The molecule has 5 rings (SSSR count). The van der Waals surface area contributed by atoms with Crippen LogP contribution in [0.2, 0.25) is 5.02 Å². The number of carbonyl (C=O) groups excluding carboxylic acids is 2. The van der Waals surface area contributed by atoms with Gasteiger partial charge in [-0.1, -0.05) is 11.6 Å². The first kappa shape index (κ1) is 16.6. The molecule has 138 valence electrons. The number of benzene rings is 2. The van der Waals surface area contributed by atoms with Crippen molar-refractivity contribution in [3.8, 4) is 11.5 Å². The van der Waals surface area contributed by atoms with Crippen molar-refractivity contribution in [1.82, 2.24) is 0 Å². The molecule has 0 aromatic heterocycles. The van der Waals surface area contributed by atoms with E-state index in [1.54, 1.807) is 48.5 Å². The van der Waals surface area contributed by atoms with Gasteiger partial charge in [-0.05, 0) is 67.3 Å². The summed E-state index contributed by atoms with van der Waals surface area (Å²) in [6.45, 7) is 0. The molecule has 2 aliphatic carbocycles. The number of hydrogen-bond acceptors (Lipinski definition) is 4. The van der Waals surface area contributed by atoms with Crippen molar-refractivity contribution in [2.24, 2.45) is 23.7 Å². The van der Waals surface area contributed by atoms with Gasteiger partial charge in [-0.15, -0.1) is 0 Å². The lowest BCUT2D eigenvalue weighted by Crippen LogP contribution is -2.35. The largest absolute Gasteiger partial charge is 0.462 e. The molecule has 2 aromatic carbocycles. The maximum absolute atomic E-state index is 12.8. The van der Waals surface area contributed by atoms with Crippen molar-refractivity contribution >= 4 is 29.2 Å². The molecule has 0 unspecified atom stereocenters. The number of fused-ring (bicyclic) bond motifs is 1. The highest BCUT2D eigenvalue weighted by Crippen LogP contribution is 2.57. The third kappa shape index (κ3) is 2.86. The summed E-state index contributed by atoms with van der Waals surface area (Å²) in [6.07, 6.45) is 1.78. The lowest BCUT2D eigenvalue weighted by atomic mass is 9.79. The minimum absolute atomic E-state index is 0.0425. The number of amides is 1. The zero-order valence-electron chi connectivity index (χ0n) is 14.4. The SMILES string of the molecule is O=C1O[C@H]2C[C@@H]3C[C@H]2[C@@H]1[C@H]3C(=O)Nc1ccc(Oc2ccc(Cl)cc2)cc1. The fourth-order valence-corrected chi connectivity index (χ4v) is 4.96. The Balaban J connectivity index is 1.25. The van der Waals surface area contributed by atoms with Crippen molar-refractivity contribution in [2.45, 2.75) is 18.9 Å². The van der Waals surface area contributed by atoms with Gasteiger partial charge in [-0.2, -0.15) is 0 Å². The van der Waals surface area contributed by atoms with Gasteiger partial charge in [0.25, 0.3) is 0 Å². The Hall–Kier alpha value is -2.53. The minimum atomic E-state index is -0.272. The van der Waals surface area contributed by atoms with E-state index in [2.05, 4.69) is 5.32 Å². The van der Waals surface area contributed by atoms with Gasteiger partial charge >= 0.3 is 5.97 Å². The van der Waals surface area contributed by atoms with Gasteiger partial charge in [-0.3, -0.25) is 9.59 Å². The average Bonchev–Trinajstić information content (AvgIpc) is 3.27. The number of halogens is 1. The van der Waals surface area contributed by atoms with Crippen LogP contribution in [0, 0.1) is 23.7 Å². The van der Waals surface area contributed by atoms with E-state index >= 15 is 0 Å². The standard InChI is InChI=1S/C21H18ClNO4/c22-12-1-5-14(6-2-12)26-15-7-3-13(4-8-15)23-20(24)18-11-9-16-17(10-11)27-21(25)19(16)18/h1-8,11,16-19H,9-10H2,(H,23,24)/t11-,16+,17-,18-,19+/m0/s1. The Kier molecular flexibility index (Phi) is 3.86. The Morgan fingerprint density at radius 2 is 1.70 bits per heavy atom. The first-order valence-electron chi connectivity index (χ1n) is 9.13. The van der Waals surface area contributed by atoms with Gasteiger partial charge in [-0.25, -0.2) is 0 Å². The molecule has 1 heterocycles. The average molecular weight is 384 g/mol. The third-order valence-electron chi connectivity index (χ3n) is 5.96. The van der Waals surface area contributed by atoms with Gasteiger partial charge in [0.1, 0.15) is 17.6 Å². The van der Waals surface area contributed by atoms with E-state index in [-0.39, 0.29) is 41.7 Å². The second kappa shape index (κ2) is 6.27. The molecule has 2 bridgehead atoms. The topological polar surface area (TPSA) is 64.6 Å². The van der Waals surface area contributed by atoms with Gasteiger partial charge in [0, 0.05) is 16.6 Å². The van der Waals surface area contributed by atoms with E-state index in [0.717, 1.165) is 12.8 Å². The maximum Gasteiger partial charge on any atom is 0.310 e. The molecular formula is C21H18ClNO4. The summed E-state index contributed by atoms with van der Waals surface area (Å²) in [5.41, 5.74) is 0.689. The summed E-state index contributed by atoms with van der Waals surface area (Å²) in [4.78, 5) is 24.9. The molecule has 2 saturated carbocycles. The Labute approximate surface area is 161 Å². The molecule has 0 radical (unpaired) electrons. The highest BCUT2D eigenvalue weighted by Gasteiger charge is 2.63. The molecule has 1 amide bonds. The van der Waals surface area contributed by atoms with Crippen LogP contribution in [0.5, 0.6) is 11.5 Å². The maximum atomic E-state index is 12.8. The van der Waals surface area contributed by atoms with E-state index in [1.807, 2.05) is 0 Å². The van der Waals surface area contributed by atoms with Crippen LogP contribution < -0.4 is 10.1 Å². The number of ether oxygens (including phenoxy) is 2. The highest BCUT2D eigenvalue weighted by molar-refractivity contribution is 6.30. The fraction of sp³-hybridized carbons (Fsp3) is 0.333. The van der Waals surface area contributed by atoms with Crippen LogP contribution in [-0.2, 0) is 14.3 Å². The molecule has 5 nitrogen and oxygen atoms in total. The second-order valence-electron chi connectivity index (χ2n) is 7.49. The number of anilines is 1. The van der Waals surface area contributed by atoms with Crippen LogP contribution in [-0.4, -0.2) is 18.0 Å². The lowest BCUT2D eigenvalue weighted by Gasteiger charge is -2.23. The zero-order chi connectivity index (χ0) is 18.5.